The zero-order chi connectivity index (χ0) is 12.1. The second-order valence-electron chi connectivity index (χ2n) is 4.21. The second-order valence-corrected chi connectivity index (χ2v) is 4.21. The van der Waals surface area contributed by atoms with Crippen molar-refractivity contribution in [2.24, 2.45) is 11.0 Å². The maximum absolute atomic E-state index is 11.1. The molecule has 1 aromatic rings. The molecule has 2 unspecified atom stereocenters. The molecule has 1 heterocycles. The summed E-state index contributed by atoms with van der Waals surface area (Å²) < 4.78 is 0. The zero-order valence-electron chi connectivity index (χ0n) is 9.44. The molecule has 0 bridgehead atoms. The molecule has 1 fully saturated rings. The van der Waals surface area contributed by atoms with Crippen LogP contribution in [0.5, 0.6) is 0 Å². The van der Waals surface area contributed by atoms with Gasteiger partial charge in [0.15, 0.2) is 0 Å². The topological polar surface area (TPSA) is 69.1 Å². The summed E-state index contributed by atoms with van der Waals surface area (Å²) in [6.45, 7) is 1.23. The Kier molecular flexibility index (Phi) is 3.62. The normalized spacial score (nSPS) is 23.2. The van der Waals surface area contributed by atoms with Crippen molar-refractivity contribution in [3.63, 3.8) is 0 Å². The van der Waals surface area contributed by atoms with E-state index in [0.29, 0.717) is 6.54 Å². The summed E-state index contributed by atoms with van der Waals surface area (Å²) in [6.07, 6.45) is 1.74. The van der Waals surface area contributed by atoms with E-state index in [1.54, 1.807) is 0 Å². The van der Waals surface area contributed by atoms with Crippen molar-refractivity contribution in [2.75, 3.05) is 18.0 Å². The molecule has 0 radical (unpaired) electrons. The third kappa shape index (κ3) is 2.57. The van der Waals surface area contributed by atoms with Gasteiger partial charge in [-0.1, -0.05) is 23.3 Å². The van der Waals surface area contributed by atoms with Crippen molar-refractivity contribution in [2.45, 2.75) is 12.5 Å². The van der Waals surface area contributed by atoms with Crippen LogP contribution in [0.15, 0.2) is 35.4 Å². The van der Waals surface area contributed by atoms with Gasteiger partial charge in [0.1, 0.15) is 6.29 Å². The molecule has 88 valence electrons. The average Bonchev–Trinajstić information content (AvgIpc) is 2.80. The molecule has 5 nitrogen and oxygen atoms in total. The third-order valence-corrected chi connectivity index (χ3v) is 3.08. The lowest BCUT2D eigenvalue weighted by Crippen LogP contribution is -2.30. The predicted molar refractivity (Wildman–Crippen MR) is 65.8 cm³/mol. The van der Waals surface area contributed by atoms with Gasteiger partial charge >= 0.3 is 0 Å². The van der Waals surface area contributed by atoms with Gasteiger partial charge in [0.25, 0.3) is 0 Å². The van der Waals surface area contributed by atoms with Gasteiger partial charge in [0.05, 0.1) is 6.04 Å². The van der Waals surface area contributed by atoms with Crippen LogP contribution in [0, 0.1) is 5.92 Å². The van der Waals surface area contributed by atoms with Crippen molar-refractivity contribution < 1.29 is 4.79 Å². The Morgan fingerprint density at radius 1 is 1.47 bits per heavy atom. The summed E-state index contributed by atoms with van der Waals surface area (Å²) in [5.41, 5.74) is 9.36. The van der Waals surface area contributed by atoms with E-state index in [9.17, 15) is 4.79 Å². The molecule has 0 amide bonds. The summed E-state index contributed by atoms with van der Waals surface area (Å²) >= 11 is 0. The van der Waals surface area contributed by atoms with Crippen LogP contribution >= 0.6 is 0 Å². The molecular weight excluding hydrogens is 216 g/mol. The fourth-order valence-corrected chi connectivity index (χ4v) is 2.29. The number of aldehydes is 1. The van der Waals surface area contributed by atoms with Crippen molar-refractivity contribution in [1.82, 2.24) is 0 Å². The summed E-state index contributed by atoms with van der Waals surface area (Å²) in [4.78, 5) is 15.9. The Balaban J connectivity index is 2.12. The molecule has 1 saturated heterocycles. The second kappa shape index (κ2) is 5.37. The maximum atomic E-state index is 11.1. The molecule has 17 heavy (non-hydrogen) atoms. The number of para-hydroxylation sites is 1. The first-order valence-corrected chi connectivity index (χ1v) is 5.63. The number of rotatable bonds is 4. The van der Waals surface area contributed by atoms with Crippen LogP contribution in [-0.4, -0.2) is 25.4 Å². The highest BCUT2D eigenvalue weighted by atomic mass is 16.1. The first-order chi connectivity index (χ1) is 8.35. The Hall–Kier alpha value is -2.00. The molecule has 1 aliphatic rings. The van der Waals surface area contributed by atoms with Crippen LogP contribution in [0.4, 0.5) is 5.69 Å². The van der Waals surface area contributed by atoms with Gasteiger partial charge in [-0.05, 0) is 30.0 Å². The lowest BCUT2D eigenvalue weighted by Gasteiger charge is -2.22. The Bertz CT molecular complexity index is 427. The molecule has 0 N–H and O–H groups in total. The van der Waals surface area contributed by atoms with E-state index in [1.165, 1.54) is 0 Å². The summed E-state index contributed by atoms with van der Waals surface area (Å²) in [7, 11) is 0. The first-order valence-electron chi connectivity index (χ1n) is 5.63. The largest absolute Gasteiger partial charge is 0.361 e. The van der Waals surface area contributed by atoms with Crippen LogP contribution in [0.3, 0.4) is 0 Å². The summed E-state index contributed by atoms with van der Waals surface area (Å²) in [5, 5.41) is 3.59. The fourth-order valence-electron chi connectivity index (χ4n) is 2.29. The first kappa shape index (κ1) is 11.5. The minimum absolute atomic E-state index is 0.101. The summed E-state index contributed by atoms with van der Waals surface area (Å²) in [6, 6.07) is 9.75. The van der Waals surface area contributed by atoms with Gasteiger partial charge in [0.2, 0.25) is 0 Å². The minimum Gasteiger partial charge on any atom is -0.361 e. The van der Waals surface area contributed by atoms with Gasteiger partial charge in [-0.2, -0.15) is 0 Å². The van der Waals surface area contributed by atoms with E-state index in [-0.39, 0.29) is 12.0 Å². The maximum Gasteiger partial charge on any atom is 0.142 e. The summed E-state index contributed by atoms with van der Waals surface area (Å²) in [5.74, 6) is 0.265. The number of carbonyl (C=O) groups is 1. The monoisotopic (exact) mass is 230 g/mol. The van der Waals surface area contributed by atoms with E-state index in [2.05, 4.69) is 14.9 Å². The molecule has 2 rings (SSSR count). The smallest absolute Gasteiger partial charge is 0.142 e. The van der Waals surface area contributed by atoms with Crippen molar-refractivity contribution in [1.29, 1.82) is 0 Å². The molecular formula is C12H14N4O. The van der Waals surface area contributed by atoms with Gasteiger partial charge in [-0.25, -0.2) is 0 Å². The van der Waals surface area contributed by atoms with Crippen LogP contribution in [0.1, 0.15) is 6.42 Å². The molecule has 0 saturated carbocycles. The molecule has 1 aromatic carbocycles. The highest BCUT2D eigenvalue weighted by Gasteiger charge is 2.31. The molecule has 2 atom stereocenters. The number of anilines is 1. The van der Waals surface area contributed by atoms with E-state index in [4.69, 9.17) is 5.53 Å². The number of carbonyl (C=O) groups excluding carboxylic acids is 1. The van der Waals surface area contributed by atoms with Gasteiger partial charge in [-0.15, -0.1) is 0 Å². The van der Waals surface area contributed by atoms with Crippen molar-refractivity contribution in [3.8, 4) is 0 Å². The predicted octanol–water partition coefficient (Wildman–Crippen LogP) is 2.39. The molecule has 0 aliphatic carbocycles. The van der Waals surface area contributed by atoms with Crippen molar-refractivity contribution in [3.05, 3.63) is 40.8 Å². The van der Waals surface area contributed by atoms with Gasteiger partial charge in [-0.3, -0.25) is 0 Å². The standard InChI is InChI=1S/C12H14N4O/c13-15-14-7-10-6-12(9-17)16(8-10)11-4-2-1-3-5-11/h1-5,9-10,12H,6-8H2. The number of hydrogen-bond acceptors (Lipinski definition) is 3. The Morgan fingerprint density at radius 3 is 2.88 bits per heavy atom. The zero-order valence-corrected chi connectivity index (χ0v) is 9.44. The molecule has 1 aliphatic heterocycles. The highest BCUT2D eigenvalue weighted by molar-refractivity contribution is 5.67. The number of nitrogens with zero attached hydrogens (tertiary/aromatic N) is 4. The van der Waals surface area contributed by atoms with E-state index < -0.39 is 0 Å². The van der Waals surface area contributed by atoms with Crippen LogP contribution < -0.4 is 4.90 Å². The van der Waals surface area contributed by atoms with E-state index in [0.717, 1.165) is 24.9 Å². The fraction of sp³-hybridized carbons (Fsp3) is 0.417. The molecule has 0 spiro atoms. The van der Waals surface area contributed by atoms with E-state index in [1.807, 2.05) is 30.3 Å². The van der Waals surface area contributed by atoms with Gasteiger partial charge < -0.3 is 9.69 Å². The van der Waals surface area contributed by atoms with E-state index >= 15 is 0 Å². The Labute approximate surface area is 99.7 Å². The van der Waals surface area contributed by atoms with Crippen LogP contribution in [0.2, 0.25) is 0 Å². The molecule has 0 aromatic heterocycles. The number of hydrogen-bond donors (Lipinski definition) is 0. The van der Waals surface area contributed by atoms with Crippen LogP contribution in [-0.2, 0) is 4.79 Å². The Morgan fingerprint density at radius 2 is 2.24 bits per heavy atom. The van der Waals surface area contributed by atoms with Crippen LogP contribution in [0.25, 0.3) is 10.4 Å². The SMILES string of the molecule is [N-]=[N+]=NCC1CC(C=O)N(c2ccccc2)C1. The van der Waals surface area contributed by atoms with Crippen molar-refractivity contribution >= 4 is 12.0 Å². The third-order valence-electron chi connectivity index (χ3n) is 3.08. The lowest BCUT2D eigenvalue weighted by molar-refractivity contribution is -0.108. The number of benzene rings is 1. The minimum atomic E-state index is -0.101. The van der Waals surface area contributed by atoms with Gasteiger partial charge in [0, 0.05) is 23.7 Å². The average molecular weight is 230 g/mol. The highest BCUT2D eigenvalue weighted by Crippen LogP contribution is 2.28. The number of azide groups is 1. The lowest BCUT2D eigenvalue weighted by atomic mass is 10.1. The quantitative estimate of drug-likeness (QED) is 0.345. The molecule has 5 heteroatoms.